The molecule has 0 aliphatic heterocycles. The molecule has 82 valence electrons. The monoisotopic (exact) mass is 211 g/mol. The van der Waals surface area contributed by atoms with E-state index in [0.29, 0.717) is 11.1 Å². The average molecular weight is 211 g/mol. The minimum atomic E-state index is -1.27. The van der Waals surface area contributed by atoms with Gasteiger partial charge in [0.05, 0.1) is 6.61 Å². The van der Waals surface area contributed by atoms with Crippen molar-refractivity contribution in [3.63, 3.8) is 0 Å². The molecule has 5 nitrogen and oxygen atoms in total. The maximum atomic E-state index is 11.0. The van der Waals surface area contributed by atoms with Crippen LogP contribution in [0.2, 0.25) is 0 Å². The molecule has 2 atom stereocenters. The predicted octanol–water partition coefficient (Wildman–Crippen LogP) is -0.329. The molecule has 0 fully saturated rings. The van der Waals surface area contributed by atoms with Gasteiger partial charge in [-0.3, -0.25) is 9.78 Å². The fourth-order valence-corrected chi connectivity index (χ4v) is 1.13. The highest BCUT2D eigenvalue weighted by molar-refractivity contribution is 5.93. The van der Waals surface area contributed by atoms with E-state index >= 15 is 0 Å². The van der Waals surface area contributed by atoms with Crippen LogP contribution in [0, 0.1) is 0 Å². The summed E-state index contributed by atoms with van der Waals surface area (Å²) >= 11 is 0. The summed E-state index contributed by atoms with van der Waals surface area (Å²) in [6.45, 7) is 0.834. The van der Waals surface area contributed by atoms with E-state index in [-0.39, 0.29) is 5.78 Å². The lowest BCUT2D eigenvalue weighted by Crippen LogP contribution is -2.22. The molecule has 0 spiro atoms. The summed E-state index contributed by atoms with van der Waals surface area (Å²) in [6, 6.07) is 1.44. The first-order chi connectivity index (χ1) is 7.06. The molecular formula is C10H13NO4. The molecule has 0 aliphatic carbocycles. The predicted molar refractivity (Wildman–Crippen MR) is 52.3 cm³/mol. The molecule has 2 unspecified atom stereocenters. The molecule has 1 aromatic heterocycles. The van der Waals surface area contributed by atoms with Gasteiger partial charge in [0, 0.05) is 23.5 Å². The lowest BCUT2D eigenvalue weighted by Gasteiger charge is -2.15. The van der Waals surface area contributed by atoms with E-state index in [9.17, 15) is 15.0 Å². The number of ketones is 1. The molecule has 1 heterocycles. The average Bonchev–Trinajstić information content (AvgIpc) is 2.27. The highest BCUT2D eigenvalue weighted by Crippen LogP contribution is 2.16. The Morgan fingerprint density at radius 1 is 1.47 bits per heavy atom. The van der Waals surface area contributed by atoms with Gasteiger partial charge in [-0.1, -0.05) is 0 Å². The number of aliphatic hydroxyl groups excluding tert-OH is 3. The molecule has 0 radical (unpaired) electrons. The van der Waals surface area contributed by atoms with Gasteiger partial charge in [-0.05, 0) is 13.0 Å². The smallest absolute Gasteiger partial charge is 0.161 e. The van der Waals surface area contributed by atoms with Gasteiger partial charge in [0.15, 0.2) is 5.78 Å². The SMILES string of the molecule is CC(=O)c1cncc(C(O)C(O)CO)c1. The van der Waals surface area contributed by atoms with Crippen LogP contribution < -0.4 is 0 Å². The minimum Gasteiger partial charge on any atom is -0.394 e. The van der Waals surface area contributed by atoms with Crippen molar-refractivity contribution >= 4 is 5.78 Å². The van der Waals surface area contributed by atoms with Gasteiger partial charge in [-0.2, -0.15) is 0 Å². The number of carbonyl (C=O) groups is 1. The summed E-state index contributed by atoms with van der Waals surface area (Å²) in [5, 5.41) is 27.4. The van der Waals surface area contributed by atoms with Gasteiger partial charge in [0.2, 0.25) is 0 Å². The van der Waals surface area contributed by atoms with Gasteiger partial charge in [0.25, 0.3) is 0 Å². The number of rotatable bonds is 4. The largest absolute Gasteiger partial charge is 0.394 e. The Kier molecular flexibility index (Phi) is 3.90. The molecule has 5 heteroatoms. The van der Waals surface area contributed by atoms with Crippen molar-refractivity contribution in [1.29, 1.82) is 0 Å². The maximum Gasteiger partial charge on any atom is 0.161 e. The van der Waals surface area contributed by atoms with Gasteiger partial charge in [-0.25, -0.2) is 0 Å². The third kappa shape index (κ3) is 2.82. The number of carbonyl (C=O) groups excluding carboxylic acids is 1. The van der Waals surface area contributed by atoms with Crippen LogP contribution in [0.1, 0.15) is 28.9 Å². The van der Waals surface area contributed by atoms with Crippen LogP contribution in [0.5, 0.6) is 0 Å². The van der Waals surface area contributed by atoms with Crippen LogP contribution >= 0.6 is 0 Å². The van der Waals surface area contributed by atoms with Gasteiger partial charge < -0.3 is 15.3 Å². The number of nitrogens with zero attached hydrogens (tertiary/aromatic N) is 1. The van der Waals surface area contributed by atoms with Crippen molar-refractivity contribution in [2.75, 3.05) is 6.61 Å². The molecule has 0 saturated heterocycles. The van der Waals surface area contributed by atoms with Crippen molar-refractivity contribution in [2.45, 2.75) is 19.1 Å². The highest BCUT2D eigenvalue weighted by atomic mass is 16.4. The zero-order valence-corrected chi connectivity index (χ0v) is 8.29. The topological polar surface area (TPSA) is 90.7 Å². The third-order valence-corrected chi connectivity index (χ3v) is 2.06. The van der Waals surface area contributed by atoms with E-state index in [1.54, 1.807) is 0 Å². The van der Waals surface area contributed by atoms with E-state index in [1.807, 2.05) is 0 Å². The van der Waals surface area contributed by atoms with E-state index in [0.717, 1.165) is 0 Å². The zero-order valence-electron chi connectivity index (χ0n) is 8.29. The maximum absolute atomic E-state index is 11.0. The van der Waals surface area contributed by atoms with E-state index in [4.69, 9.17) is 5.11 Å². The van der Waals surface area contributed by atoms with Crippen LogP contribution in [0.4, 0.5) is 0 Å². The Balaban J connectivity index is 2.94. The lowest BCUT2D eigenvalue weighted by molar-refractivity contribution is -0.0154. The van der Waals surface area contributed by atoms with Gasteiger partial charge >= 0.3 is 0 Å². The Hall–Kier alpha value is -1.30. The Morgan fingerprint density at radius 3 is 2.67 bits per heavy atom. The Labute approximate surface area is 87.0 Å². The van der Waals surface area contributed by atoms with E-state index < -0.39 is 18.8 Å². The quantitative estimate of drug-likeness (QED) is 0.593. The van der Waals surface area contributed by atoms with E-state index in [1.165, 1.54) is 25.4 Å². The fourth-order valence-electron chi connectivity index (χ4n) is 1.13. The van der Waals surface area contributed by atoms with Crippen molar-refractivity contribution < 1.29 is 20.1 Å². The van der Waals surface area contributed by atoms with Crippen molar-refractivity contribution in [3.8, 4) is 0 Å². The van der Waals surface area contributed by atoms with Crippen LogP contribution in [-0.4, -0.2) is 38.8 Å². The summed E-state index contributed by atoms with van der Waals surface area (Å²) in [6.07, 6.45) is 0.218. The third-order valence-electron chi connectivity index (χ3n) is 2.06. The number of aromatic nitrogens is 1. The molecule has 1 aromatic rings. The van der Waals surface area contributed by atoms with Crippen LogP contribution in [-0.2, 0) is 0 Å². The molecular weight excluding hydrogens is 198 g/mol. The summed E-state index contributed by atoms with van der Waals surface area (Å²) in [5.41, 5.74) is 0.668. The molecule has 0 amide bonds. The number of hydrogen-bond donors (Lipinski definition) is 3. The van der Waals surface area contributed by atoms with Gasteiger partial charge in [-0.15, -0.1) is 0 Å². The van der Waals surface area contributed by atoms with Gasteiger partial charge in [0.1, 0.15) is 12.2 Å². The van der Waals surface area contributed by atoms with Crippen LogP contribution in [0.15, 0.2) is 18.5 Å². The normalized spacial score (nSPS) is 14.7. The second kappa shape index (κ2) is 4.97. The summed E-state index contributed by atoms with van der Waals surface area (Å²) in [4.78, 5) is 14.8. The molecule has 0 aromatic carbocycles. The summed E-state index contributed by atoms with van der Waals surface area (Å²) < 4.78 is 0. The first-order valence-electron chi connectivity index (χ1n) is 4.49. The highest BCUT2D eigenvalue weighted by Gasteiger charge is 2.18. The number of hydrogen-bond acceptors (Lipinski definition) is 5. The second-order valence-electron chi connectivity index (χ2n) is 3.26. The van der Waals surface area contributed by atoms with E-state index in [2.05, 4.69) is 4.98 Å². The standard InChI is InChI=1S/C10H13NO4/c1-6(13)7-2-8(4-11-3-7)10(15)9(14)5-12/h2-4,9-10,12,14-15H,5H2,1H3. The molecule has 15 heavy (non-hydrogen) atoms. The van der Waals surface area contributed by atoms with Crippen molar-refractivity contribution in [1.82, 2.24) is 4.98 Å². The molecule has 0 aliphatic rings. The molecule has 0 bridgehead atoms. The summed E-state index contributed by atoms with van der Waals surface area (Å²) in [5.74, 6) is -0.171. The van der Waals surface area contributed by atoms with Crippen LogP contribution in [0.25, 0.3) is 0 Å². The zero-order chi connectivity index (χ0) is 11.4. The first-order valence-corrected chi connectivity index (χ1v) is 4.49. The number of pyridine rings is 1. The lowest BCUT2D eigenvalue weighted by atomic mass is 10.0. The first kappa shape index (κ1) is 11.8. The Bertz CT molecular complexity index is 353. The number of aliphatic hydroxyl groups is 3. The van der Waals surface area contributed by atoms with Crippen molar-refractivity contribution in [3.05, 3.63) is 29.6 Å². The molecule has 0 saturated carbocycles. The van der Waals surface area contributed by atoms with Crippen LogP contribution in [0.3, 0.4) is 0 Å². The van der Waals surface area contributed by atoms with Crippen molar-refractivity contribution in [2.24, 2.45) is 0 Å². The second-order valence-corrected chi connectivity index (χ2v) is 3.26. The number of Topliss-reactive ketones (excluding diaryl/α,β-unsaturated/α-hetero) is 1. The molecule has 3 N–H and O–H groups in total. The minimum absolute atomic E-state index is 0.171. The molecule has 1 rings (SSSR count). The summed E-state index contributed by atoms with van der Waals surface area (Å²) in [7, 11) is 0. The Morgan fingerprint density at radius 2 is 2.13 bits per heavy atom. The fraction of sp³-hybridized carbons (Fsp3) is 0.400.